The quantitative estimate of drug-likeness (QED) is 0.739. The molecule has 168 valence electrons. The van der Waals surface area contributed by atoms with Gasteiger partial charge in [-0.15, -0.1) is 0 Å². The lowest BCUT2D eigenvalue weighted by Gasteiger charge is -2.33. The van der Waals surface area contributed by atoms with Gasteiger partial charge < -0.3 is 20.1 Å². The van der Waals surface area contributed by atoms with Gasteiger partial charge in [-0.3, -0.25) is 0 Å². The first-order chi connectivity index (χ1) is 15.1. The van der Waals surface area contributed by atoms with E-state index < -0.39 is 23.5 Å². The number of hydrogen-bond donors (Lipinski definition) is 2. The van der Waals surface area contributed by atoms with Crippen LogP contribution in [0.3, 0.4) is 0 Å². The van der Waals surface area contributed by atoms with Crippen molar-refractivity contribution < 1.29 is 23.8 Å². The van der Waals surface area contributed by atoms with Gasteiger partial charge in [0, 0.05) is 24.7 Å². The average molecular weight is 441 g/mol. The normalized spacial score (nSPS) is 14.5. The Morgan fingerprint density at radius 3 is 2.50 bits per heavy atom. The van der Waals surface area contributed by atoms with Crippen molar-refractivity contribution >= 4 is 18.0 Å². The Balaban J connectivity index is 1.77. The number of aromatic carboxylic acids is 1. The summed E-state index contributed by atoms with van der Waals surface area (Å²) in [6.45, 7) is 6.35. The maximum Gasteiger partial charge on any atom is 0.407 e. The van der Waals surface area contributed by atoms with Crippen LogP contribution in [0.5, 0.6) is 0 Å². The number of amides is 1. The van der Waals surface area contributed by atoms with E-state index in [2.05, 4.69) is 15.3 Å². The molecule has 1 saturated heterocycles. The molecule has 2 N–H and O–H groups in total. The minimum atomic E-state index is -1.23. The first-order valence-corrected chi connectivity index (χ1v) is 10.1. The van der Waals surface area contributed by atoms with Crippen LogP contribution < -0.4 is 10.2 Å². The Hall–Kier alpha value is -3.74. The van der Waals surface area contributed by atoms with Crippen molar-refractivity contribution in [3.05, 3.63) is 41.3 Å². The molecule has 1 aromatic heterocycles. The maximum absolute atomic E-state index is 14.1. The number of benzene rings is 1. The third-order valence-corrected chi connectivity index (χ3v) is 4.82. The smallest absolute Gasteiger partial charge is 0.407 e. The number of carbonyl (C=O) groups is 2. The number of nitrogens with one attached hydrogen (secondary N) is 1. The van der Waals surface area contributed by atoms with Crippen LogP contribution in [-0.2, 0) is 4.74 Å². The fourth-order valence-electron chi connectivity index (χ4n) is 3.30. The van der Waals surface area contributed by atoms with Crippen LogP contribution in [-0.4, -0.2) is 51.9 Å². The molecule has 0 spiro atoms. The fourth-order valence-corrected chi connectivity index (χ4v) is 3.30. The second kappa shape index (κ2) is 9.18. The van der Waals surface area contributed by atoms with Crippen LogP contribution in [0, 0.1) is 17.1 Å². The van der Waals surface area contributed by atoms with Crippen LogP contribution in [0.15, 0.2) is 24.3 Å². The van der Waals surface area contributed by atoms with E-state index in [1.165, 1.54) is 18.2 Å². The number of anilines is 1. The molecule has 32 heavy (non-hydrogen) atoms. The number of halogens is 1. The van der Waals surface area contributed by atoms with Gasteiger partial charge in [0.05, 0.1) is 11.3 Å². The molecule has 0 bridgehead atoms. The predicted molar refractivity (Wildman–Crippen MR) is 114 cm³/mol. The first kappa shape index (κ1) is 22.9. The number of carboxylic acids is 1. The highest BCUT2D eigenvalue weighted by molar-refractivity contribution is 5.87. The number of rotatable bonds is 4. The number of nitrogens with zero attached hydrogens (tertiary/aromatic N) is 4. The zero-order valence-electron chi connectivity index (χ0n) is 18.1. The van der Waals surface area contributed by atoms with Crippen molar-refractivity contribution in [2.45, 2.75) is 45.3 Å². The van der Waals surface area contributed by atoms with Crippen LogP contribution in [0.2, 0.25) is 0 Å². The van der Waals surface area contributed by atoms with Crippen molar-refractivity contribution in [1.82, 2.24) is 15.3 Å². The molecule has 1 fully saturated rings. The zero-order valence-corrected chi connectivity index (χ0v) is 18.1. The molecule has 2 aromatic rings. The van der Waals surface area contributed by atoms with Gasteiger partial charge in [-0.25, -0.2) is 23.9 Å². The van der Waals surface area contributed by atoms with Crippen molar-refractivity contribution in [3.8, 4) is 17.3 Å². The molecule has 1 amide bonds. The molecule has 9 nitrogen and oxygen atoms in total. The number of alkyl carbamates (subject to hydrolysis) is 1. The van der Waals surface area contributed by atoms with Gasteiger partial charge in [-0.2, -0.15) is 5.26 Å². The topological polar surface area (TPSA) is 128 Å². The molecule has 0 atom stereocenters. The van der Waals surface area contributed by atoms with Crippen LogP contribution in [0.1, 0.15) is 49.7 Å². The van der Waals surface area contributed by atoms with Gasteiger partial charge in [0.2, 0.25) is 5.95 Å². The van der Waals surface area contributed by atoms with Gasteiger partial charge in [-0.05, 0) is 51.8 Å². The third-order valence-electron chi connectivity index (χ3n) is 4.82. The average Bonchev–Trinajstić information content (AvgIpc) is 2.72. The molecule has 0 unspecified atom stereocenters. The van der Waals surface area contributed by atoms with Crippen LogP contribution in [0.4, 0.5) is 15.1 Å². The van der Waals surface area contributed by atoms with Crippen molar-refractivity contribution in [2.75, 3.05) is 18.0 Å². The van der Waals surface area contributed by atoms with E-state index in [9.17, 15) is 19.1 Å². The standard InChI is InChI=1S/C22H24FN5O4/c1-22(2,3)32-21(31)25-15-6-8-28(9-7-15)20-26-17(11-18(27-20)19(29)30)13-4-5-14(12-24)16(23)10-13/h4-5,10-11,15H,6-9H2,1-3H3,(H,25,31)(H,29,30). The van der Waals surface area contributed by atoms with Gasteiger partial charge >= 0.3 is 12.1 Å². The summed E-state index contributed by atoms with van der Waals surface area (Å²) in [4.78, 5) is 34.0. The number of carbonyl (C=O) groups excluding carboxylic acids is 1. The Kier molecular flexibility index (Phi) is 6.58. The summed E-state index contributed by atoms with van der Waals surface area (Å²) < 4.78 is 19.3. The zero-order chi connectivity index (χ0) is 23.5. The summed E-state index contributed by atoms with van der Waals surface area (Å²) in [5, 5.41) is 21.2. The molecule has 0 aliphatic carbocycles. The van der Waals surface area contributed by atoms with E-state index in [0.717, 1.165) is 6.07 Å². The van der Waals surface area contributed by atoms with E-state index in [1.54, 1.807) is 26.8 Å². The number of nitriles is 1. The number of aromatic nitrogens is 2. The minimum absolute atomic E-state index is 0.0872. The highest BCUT2D eigenvalue weighted by Gasteiger charge is 2.26. The van der Waals surface area contributed by atoms with Crippen molar-refractivity contribution in [1.29, 1.82) is 5.26 Å². The molecule has 0 radical (unpaired) electrons. The van der Waals surface area contributed by atoms with E-state index in [0.29, 0.717) is 31.5 Å². The minimum Gasteiger partial charge on any atom is -0.477 e. The van der Waals surface area contributed by atoms with Crippen LogP contribution in [0.25, 0.3) is 11.3 Å². The van der Waals surface area contributed by atoms with Gasteiger partial charge in [0.1, 0.15) is 17.5 Å². The number of hydrogen-bond acceptors (Lipinski definition) is 7. The van der Waals surface area contributed by atoms with E-state index in [1.807, 2.05) is 4.90 Å². The Morgan fingerprint density at radius 1 is 1.25 bits per heavy atom. The number of ether oxygens (including phenoxy) is 1. The summed E-state index contributed by atoms with van der Waals surface area (Å²) in [7, 11) is 0. The van der Waals surface area contributed by atoms with E-state index >= 15 is 0 Å². The van der Waals surface area contributed by atoms with Gasteiger partial charge in [-0.1, -0.05) is 6.07 Å². The van der Waals surface area contributed by atoms with Crippen molar-refractivity contribution in [2.24, 2.45) is 0 Å². The molecule has 1 aromatic carbocycles. The highest BCUT2D eigenvalue weighted by Crippen LogP contribution is 2.25. The summed E-state index contributed by atoms with van der Waals surface area (Å²) in [6, 6.07) is 6.90. The molecule has 1 aliphatic heterocycles. The van der Waals surface area contributed by atoms with Crippen LogP contribution >= 0.6 is 0 Å². The van der Waals surface area contributed by atoms with E-state index in [4.69, 9.17) is 10.00 Å². The monoisotopic (exact) mass is 441 g/mol. The molecule has 1 aliphatic rings. The number of carboxylic acid groups (broad SMARTS) is 1. The lowest BCUT2D eigenvalue weighted by Crippen LogP contribution is -2.46. The summed E-state index contributed by atoms with van der Waals surface area (Å²) >= 11 is 0. The first-order valence-electron chi connectivity index (χ1n) is 10.1. The largest absolute Gasteiger partial charge is 0.477 e. The van der Waals surface area contributed by atoms with Gasteiger partial charge in [0.15, 0.2) is 5.69 Å². The third kappa shape index (κ3) is 5.69. The summed E-state index contributed by atoms with van der Waals surface area (Å²) in [5.41, 5.74) is -0.333. The summed E-state index contributed by atoms with van der Waals surface area (Å²) in [6.07, 6.45) is 0.715. The lowest BCUT2D eigenvalue weighted by molar-refractivity contribution is 0.0496. The van der Waals surface area contributed by atoms with Crippen molar-refractivity contribution in [3.63, 3.8) is 0 Å². The Labute approximate surface area is 184 Å². The second-order valence-electron chi connectivity index (χ2n) is 8.46. The Morgan fingerprint density at radius 2 is 1.94 bits per heavy atom. The molecule has 10 heteroatoms. The molecule has 3 rings (SSSR count). The molecule has 2 heterocycles. The summed E-state index contributed by atoms with van der Waals surface area (Å²) in [5.74, 6) is -1.73. The molecular weight excluding hydrogens is 417 g/mol. The second-order valence-corrected chi connectivity index (χ2v) is 8.46. The fraction of sp³-hybridized carbons (Fsp3) is 0.409. The predicted octanol–water partition coefficient (Wildman–Crippen LogP) is 3.35. The SMILES string of the molecule is CC(C)(C)OC(=O)NC1CCN(c2nc(C(=O)O)cc(-c3ccc(C#N)c(F)c3)n2)CC1. The number of piperidine rings is 1. The Bertz CT molecular complexity index is 1070. The maximum atomic E-state index is 14.1. The van der Waals surface area contributed by atoms with Gasteiger partial charge in [0.25, 0.3) is 0 Å². The highest BCUT2D eigenvalue weighted by atomic mass is 19.1. The molecule has 0 saturated carbocycles. The molecular formula is C22H24FN5O4. The van der Waals surface area contributed by atoms with E-state index in [-0.39, 0.29) is 28.9 Å². The lowest BCUT2D eigenvalue weighted by atomic mass is 10.1.